The molecule has 1 aromatic carbocycles. The average Bonchev–Trinajstić information content (AvgIpc) is 2.41. The number of benzene rings is 1. The van der Waals surface area contributed by atoms with Crippen LogP contribution in [0.2, 0.25) is 0 Å². The van der Waals surface area contributed by atoms with Crippen molar-refractivity contribution in [1.29, 1.82) is 0 Å². The highest BCUT2D eigenvalue weighted by Crippen LogP contribution is 2.31. The second-order valence-corrected chi connectivity index (χ2v) is 8.68. The van der Waals surface area contributed by atoms with Crippen LogP contribution in [-0.4, -0.2) is 24.6 Å². The summed E-state index contributed by atoms with van der Waals surface area (Å²) in [5.41, 5.74) is 13.8. The van der Waals surface area contributed by atoms with Crippen molar-refractivity contribution in [1.82, 2.24) is 0 Å². The first-order chi connectivity index (χ1) is 8.88. The number of hydrogen-bond donors (Lipinski definition) is 2. The Labute approximate surface area is 126 Å². The van der Waals surface area contributed by atoms with Gasteiger partial charge < -0.3 is 11.5 Å². The summed E-state index contributed by atoms with van der Waals surface area (Å²) in [6.07, 6.45) is 0. The van der Waals surface area contributed by atoms with Gasteiger partial charge in [0.15, 0.2) is 0 Å². The summed E-state index contributed by atoms with van der Waals surface area (Å²) in [6.45, 7) is 1.51. The van der Waals surface area contributed by atoms with Crippen molar-refractivity contribution in [2.45, 2.75) is 11.5 Å². The highest BCUT2D eigenvalue weighted by molar-refractivity contribution is 8.76. The molecule has 4 N–H and O–H groups in total. The van der Waals surface area contributed by atoms with Crippen LogP contribution in [0.4, 0.5) is 0 Å². The zero-order valence-corrected chi connectivity index (χ0v) is 13.6. The van der Waals surface area contributed by atoms with Crippen molar-refractivity contribution in [3.63, 3.8) is 0 Å². The molecule has 0 aliphatic carbocycles. The minimum Gasteiger partial charge on any atom is -0.330 e. The number of rotatable bonds is 10. The Kier molecular flexibility index (Phi) is 10.5. The molecular weight excluding hydrogens is 300 g/mol. The summed E-state index contributed by atoms with van der Waals surface area (Å²) >= 11 is 0. The zero-order chi connectivity index (χ0) is 13.1. The Bertz CT molecular complexity index is 292. The lowest BCUT2D eigenvalue weighted by atomic mass is 10.1. The summed E-state index contributed by atoms with van der Waals surface area (Å²) < 4.78 is 0. The molecule has 18 heavy (non-hydrogen) atoms. The molecule has 6 heteroatoms. The smallest absolute Gasteiger partial charge is 0.0291 e. The van der Waals surface area contributed by atoms with Crippen LogP contribution >= 0.6 is 43.2 Å². The molecule has 0 fully saturated rings. The molecule has 0 amide bonds. The molecule has 2 nitrogen and oxygen atoms in total. The van der Waals surface area contributed by atoms with Crippen molar-refractivity contribution >= 4 is 43.2 Å². The van der Waals surface area contributed by atoms with E-state index in [0.717, 1.165) is 36.1 Å². The SMILES string of the molecule is NCCSSCc1ccccc1CSSCCN. The predicted molar refractivity (Wildman–Crippen MR) is 92.1 cm³/mol. The number of hydrogen-bond acceptors (Lipinski definition) is 6. The summed E-state index contributed by atoms with van der Waals surface area (Å²) in [6, 6.07) is 8.67. The van der Waals surface area contributed by atoms with E-state index in [1.165, 1.54) is 11.1 Å². The van der Waals surface area contributed by atoms with Gasteiger partial charge in [-0.3, -0.25) is 0 Å². The third-order valence-electron chi connectivity index (χ3n) is 2.12. The van der Waals surface area contributed by atoms with Crippen LogP contribution in [0.1, 0.15) is 11.1 Å². The minimum atomic E-state index is 0.755. The second-order valence-electron chi connectivity index (χ2n) is 3.51. The van der Waals surface area contributed by atoms with Gasteiger partial charge in [-0.05, 0) is 11.1 Å². The van der Waals surface area contributed by atoms with Gasteiger partial charge in [0.2, 0.25) is 0 Å². The standard InChI is InChI=1S/C12H20N2S4/c13-5-7-15-17-9-11-3-1-2-4-12(11)10-18-16-8-6-14/h1-4H,5-10,13-14H2. The van der Waals surface area contributed by atoms with Crippen molar-refractivity contribution in [3.8, 4) is 0 Å². The molecule has 0 aromatic heterocycles. The van der Waals surface area contributed by atoms with Gasteiger partial charge in [-0.2, -0.15) is 0 Å². The Morgan fingerprint density at radius 2 is 1.17 bits per heavy atom. The van der Waals surface area contributed by atoms with E-state index in [9.17, 15) is 0 Å². The van der Waals surface area contributed by atoms with Gasteiger partial charge in [-0.15, -0.1) is 0 Å². The molecule has 0 saturated carbocycles. The fourth-order valence-electron chi connectivity index (χ4n) is 1.26. The number of nitrogens with two attached hydrogens (primary N) is 2. The fraction of sp³-hybridized carbons (Fsp3) is 0.500. The zero-order valence-electron chi connectivity index (χ0n) is 10.3. The summed E-state index contributed by atoms with van der Waals surface area (Å²) in [5.74, 6) is 4.16. The fourth-order valence-corrected chi connectivity index (χ4v) is 5.22. The lowest BCUT2D eigenvalue weighted by Gasteiger charge is -2.08. The summed E-state index contributed by atoms with van der Waals surface area (Å²) in [4.78, 5) is 0. The first kappa shape index (κ1) is 16.6. The van der Waals surface area contributed by atoms with E-state index < -0.39 is 0 Å². The third-order valence-corrected chi connectivity index (χ3v) is 6.82. The van der Waals surface area contributed by atoms with E-state index in [2.05, 4.69) is 24.3 Å². The normalized spacial score (nSPS) is 10.8. The summed E-state index contributed by atoms with van der Waals surface area (Å²) in [5, 5.41) is 0. The van der Waals surface area contributed by atoms with Crippen molar-refractivity contribution in [2.75, 3.05) is 24.6 Å². The molecule has 102 valence electrons. The van der Waals surface area contributed by atoms with Gasteiger partial charge in [0.1, 0.15) is 0 Å². The van der Waals surface area contributed by atoms with Gasteiger partial charge in [-0.25, -0.2) is 0 Å². The Balaban J connectivity index is 2.36. The van der Waals surface area contributed by atoms with Crippen molar-refractivity contribution in [2.24, 2.45) is 11.5 Å². The van der Waals surface area contributed by atoms with E-state index in [1.54, 1.807) is 0 Å². The maximum atomic E-state index is 5.48. The average molecular weight is 321 g/mol. The maximum Gasteiger partial charge on any atom is 0.0291 e. The molecule has 0 bridgehead atoms. The highest BCUT2D eigenvalue weighted by atomic mass is 33.1. The van der Waals surface area contributed by atoms with Crippen LogP contribution in [0, 0.1) is 0 Å². The molecule has 1 rings (SSSR count). The molecule has 0 radical (unpaired) electrons. The van der Waals surface area contributed by atoms with E-state index in [4.69, 9.17) is 11.5 Å². The minimum absolute atomic E-state index is 0.755. The quantitative estimate of drug-likeness (QED) is 0.509. The molecule has 1 aromatic rings. The van der Waals surface area contributed by atoms with Crippen molar-refractivity contribution < 1.29 is 0 Å². The molecular formula is C12H20N2S4. The first-order valence-electron chi connectivity index (χ1n) is 5.84. The molecule has 0 heterocycles. The molecule has 0 spiro atoms. The van der Waals surface area contributed by atoms with E-state index in [0.29, 0.717) is 0 Å². The second kappa shape index (κ2) is 11.4. The summed E-state index contributed by atoms with van der Waals surface area (Å²) in [7, 11) is 7.48. The molecule has 0 atom stereocenters. The van der Waals surface area contributed by atoms with Crippen LogP contribution in [0.5, 0.6) is 0 Å². The largest absolute Gasteiger partial charge is 0.330 e. The topological polar surface area (TPSA) is 52.0 Å². The van der Waals surface area contributed by atoms with Gasteiger partial charge in [0.25, 0.3) is 0 Å². The lowest BCUT2D eigenvalue weighted by molar-refractivity contribution is 1.15. The maximum absolute atomic E-state index is 5.48. The Morgan fingerprint density at radius 1 is 0.722 bits per heavy atom. The van der Waals surface area contributed by atoms with Gasteiger partial charge in [0, 0.05) is 36.1 Å². The van der Waals surface area contributed by atoms with E-state index >= 15 is 0 Å². The van der Waals surface area contributed by atoms with Crippen LogP contribution < -0.4 is 11.5 Å². The van der Waals surface area contributed by atoms with Gasteiger partial charge in [0.05, 0.1) is 0 Å². The molecule has 0 aliphatic rings. The van der Waals surface area contributed by atoms with Gasteiger partial charge >= 0.3 is 0 Å². The predicted octanol–water partition coefficient (Wildman–Crippen LogP) is 3.37. The monoisotopic (exact) mass is 320 g/mol. The molecule has 0 aliphatic heterocycles. The molecule has 0 unspecified atom stereocenters. The van der Waals surface area contributed by atoms with Crippen LogP contribution in [0.15, 0.2) is 24.3 Å². The highest BCUT2D eigenvalue weighted by Gasteiger charge is 2.02. The van der Waals surface area contributed by atoms with Crippen LogP contribution in [0.3, 0.4) is 0 Å². The van der Waals surface area contributed by atoms with Crippen LogP contribution in [-0.2, 0) is 11.5 Å². The molecule has 0 saturated heterocycles. The third kappa shape index (κ3) is 7.21. The first-order valence-corrected chi connectivity index (χ1v) is 10.8. The van der Waals surface area contributed by atoms with Gasteiger partial charge in [-0.1, -0.05) is 67.4 Å². The Morgan fingerprint density at radius 3 is 1.56 bits per heavy atom. The van der Waals surface area contributed by atoms with E-state index in [-0.39, 0.29) is 0 Å². The Hall–Kier alpha value is 0.540. The van der Waals surface area contributed by atoms with Crippen molar-refractivity contribution in [3.05, 3.63) is 35.4 Å². The van der Waals surface area contributed by atoms with E-state index in [1.807, 2.05) is 43.2 Å². The lowest BCUT2D eigenvalue weighted by Crippen LogP contribution is -2.00. The van der Waals surface area contributed by atoms with Crippen LogP contribution in [0.25, 0.3) is 0 Å².